The molecule has 2 unspecified atom stereocenters. The second-order valence-corrected chi connectivity index (χ2v) is 13.3. The number of methoxy groups -OCH3 is 2. The molecule has 9 heteroatoms. The van der Waals surface area contributed by atoms with Crippen LogP contribution in [-0.2, 0) is 24.7 Å². The minimum absolute atomic E-state index is 0.346. The number of nitrogens with one attached hydrogen (secondary N) is 1. The van der Waals surface area contributed by atoms with Crippen molar-refractivity contribution in [3.05, 3.63) is 78.4 Å². The Bertz CT molecular complexity index is 993. The SMILES string of the molecule is C=CC[Si](C)(C)c1ccc(C(CC(=O)OC)NC(=O)C(OC)(c2ccccc2)C(F)(F)F)cc1. The molecule has 0 saturated carbocycles. The first-order valence-electron chi connectivity index (χ1n) is 10.7. The maximum absolute atomic E-state index is 14.3. The average molecular weight is 494 g/mol. The van der Waals surface area contributed by atoms with Crippen molar-refractivity contribution in [2.24, 2.45) is 0 Å². The number of hydrogen-bond donors (Lipinski definition) is 1. The number of carbonyl (C=O) groups is 2. The highest BCUT2D eigenvalue weighted by Crippen LogP contribution is 2.42. The maximum atomic E-state index is 14.3. The number of esters is 1. The molecule has 2 atom stereocenters. The topological polar surface area (TPSA) is 64.6 Å². The van der Waals surface area contributed by atoms with Crippen LogP contribution in [0.1, 0.15) is 23.6 Å². The number of benzene rings is 2. The zero-order chi connectivity index (χ0) is 25.6. The van der Waals surface area contributed by atoms with Gasteiger partial charge in [0.2, 0.25) is 0 Å². The van der Waals surface area contributed by atoms with E-state index in [1.807, 2.05) is 18.2 Å². The Morgan fingerprint density at radius 1 is 1.06 bits per heavy atom. The molecular weight excluding hydrogens is 463 g/mol. The molecule has 0 aliphatic heterocycles. The number of alkyl halides is 3. The first-order valence-corrected chi connectivity index (χ1v) is 13.9. The van der Waals surface area contributed by atoms with Gasteiger partial charge in [-0.25, -0.2) is 0 Å². The Balaban J connectivity index is 2.48. The third kappa shape index (κ3) is 5.77. The lowest BCUT2D eigenvalue weighted by Gasteiger charge is -2.34. The summed E-state index contributed by atoms with van der Waals surface area (Å²) in [5.74, 6) is -2.10. The highest BCUT2D eigenvalue weighted by Gasteiger charge is 2.62. The Kier molecular flexibility index (Phi) is 8.85. The normalized spacial score (nSPS) is 14.6. The molecule has 2 aromatic carbocycles. The average Bonchev–Trinajstić information content (AvgIpc) is 2.79. The lowest BCUT2D eigenvalue weighted by molar-refractivity contribution is -0.266. The van der Waals surface area contributed by atoms with Gasteiger partial charge in [-0.15, -0.1) is 6.58 Å². The number of carbonyl (C=O) groups excluding carboxylic acids is 2. The minimum Gasteiger partial charge on any atom is -0.469 e. The molecule has 2 aromatic rings. The lowest BCUT2D eigenvalue weighted by Crippen LogP contribution is -2.56. The van der Waals surface area contributed by atoms with Gasteiger partial charge in [-0.3, -0.25) is 9.59 Å². The summed E-state index contributed by atoms with van der Waals surface area (Å²) in [6, 6.07) is 13.7. The van der Waals surface area contributed by atoms with E-state index in [1.165, 1.54) is 37.4 Å². The third-order valence-corrected chi connectivity index (χ3v) is 9.06. The van der Waals surface area contributed by atoms with Gasteiger partial charge in [0.1, 0.15) is 0 Å². The molecule has 5 nitrogen and oxygen atoms in total. The lowest BCUT2D eigenvalue weighted by atomic mass is 9.90. The van der Waals surface area contributed by atoms with Crippen LogP contribution in [-0.4, -0.2) is 40.3 Å². The summed E-state index contributed by atoms with van der Waals surface area (Å²) in [6.45, 7) is 8.15. The fraction of sp³-hybridized carbons (Fsp3) is 0.360. The highest BCUT2D eigenvalue weighted by atomic mass is 28.3. The molecule has 1 amide bonds. The van der Waals surface area contributed by atoms with Crippen molar-refractivity contribution in [3.63, 3.8) is 0 Å². The Morgan fingerprint density at radius 3 is 2.12 bits per heavy atom. The number of hydrogen-bond acceptors (Lipinski definition) is 4. The number of halogens is 3. The second-order valence-electron chi connectivity index (χ2n) is 8.55. The summed E-state index contributed by atoms with van der Waals surface area (Å²) in [4.78, 5) is 25.2. The molecule has 0 aliphatic rings. The molecule has 0 bridgehead atoms. The zero-order valence-electron chi connectivity index (χ0n) is 19.7. The van der Waals surface area contributed by atoms with E-state index in [9.17, 15) is 22.8 Å². The summed E-state index contributed by atoms with van der Waals surface area (Å²) >= 11 is 0. The maximum Gasteiger partial charge on any atom is 0.430 e. The van der Waals surface area contributed by atoms with Gasteiger partial charge in [0.05, 0.1) is 27.6 Å². The smallest absolute Gasteiger partial charge is 0.430 e. The monoisotopic (exact) mass is 493 g/mol. The Morgan fingerprint density at radius 2 is 1.65 bits per heavy atom. The molecular formula is C25H30F3NO4Si. The van der Waals surface area contributed by atoms with Crippen molar-refractivity contribution in [2.75, 3.05) is 14.2 Å². The van der Waals surface area contributed by atoms with E-state index < -0.39 is 37.8 Å². The molecule has 0 radical (unpaired) electrons. The largest absolute Gasteiger partial charge is 0.469 e. The summed E-state index contributed by atoms with van der Waals surface area (Å²) < 4.78 is 52.4. The Hall–Kier alpha value is -2.91. The quantitative estimate of drug-likeness (QED) is 0.298. The van der Waals surface area contributed by atoms with Crippen LogP contribution in [0.5, 0.6) is 0 Å². The van der Waals surface area contributed by atoms with Gasteiger partial charge in [-0.2, -0.15) is 13.2 Å². The standard InChI is InChI=1S/C25H30F3NO4Si/c1-6-16-34(4,5)20-14-12-18(13-15-20)21(17-22(30)32-2)29-23(31)24(33-3,25(26,27)28)19-10-8-7-9-11-19/h6-15,21H,1,16-17H2,2-5H3,(H,29,31). The minimum atomic E-state index is -5.06. The van der Waals surface area contributed by atoms with Crippen LogP contribution in [0, 0.1) is 0 Å². The fourth-order valence-electron chi connectivity index (χ4n) is 3.83. The summed E-state index contributed by atoms with van der Waals surface area (Å²) in [6.07, 6.45) is -3.54. The van der Waals surface area contributed by atoms with Gasteiger partial charge in [-0.05, 0) is 11.6 Å². The number of allylic oxidation sites excluding steroid dienone is 1. The van der Waals surface area contributed by atoms with Gasteiger partial charge in [-0.1, -0.05) is 79.0 Å². The summed E-state index contributed by atoms with van der Waals surface area (Å²) in [5, 5.41) is 3.51. The predicted molar refractivity (Wildman–Crippen MR) is 127 cm³/mol. The molecule has 184 valence electrons. The number of rotatable bonds is 10. The zero-order valence-corrected chi connectivity index (χ0v) is 20.7. The van der Waals surface area contributed by atoms with E-state index in [0.717, 1.165) is 18.3 Å². The van der Waals surface area contributed by atoms with Gasteiger partial charge in [0, 0.05) is 12.7 Å². The molecule has 0 spiro atoms. The van der Waals surface area contributed by atoms with Crippen molar-refractivity contribution in [1.82, 2.24) is 5.32 Å². The first kappa shape index (κ1) is 27.3. The van der Waals surface area contributed by atoms with E-state index >= 15 is 0 Å². The van der Waals surface area contributed by atoms with Gasteiger partial charge < -0.3 is 14.8 Å². The van der Waals surface area contributed by atoms with E-state index in [0.29, 0.717) is 5.56 Å². The van der Waals surface area contributed by atoms with Crippen LogP contribution >= 0.6 is 0 Å². The van der Waals surface area contributed by atoms with Crippen LogP contribution in [0.25, 0.3) is 0 Å². The highest BCUT2D eigenvalue weighted by molar-refractivity contribution is 6.90. The van der Waals surface area contributed by atoms with Crippen molar-refractivity contribution < 1.29 is 32.2 Å². The van der Waals surface area contributed by atoms with Gasteiger partial charge in [0.15, 0.2) is 0 Å². The van der Waals surface area contributed by atoms with Crippen LogP contribution in [0.3, 0.4) is 0 Å². The van der Waals surface area contributed by atoms with E-state index in [4.69, 9.17) is 9.47 Å². The number of ether oxygens (including phenoxy) is 2. The molecule has 2 rings (SSSR count). The Labute approximate surface area is 199 Å². The van der Waals surface area contributed by atoms with Crippen LogP contribution in [0.15, 0.2) is 67.3 Å². The van der Waals surface area contributed by atoms with Crippen molar-refractivity contribution in [2.45, 2.75) is 43.4 Å². The van der Waals surface area contributed by atoms with E-state index in [2.05, 4.69) is 25.0 Å². The molecule has 0 aromatic heterocycles. The van der Waals surface area contributed by atoms with Crippen LogP contribution < -0.4 is 10.5 Å². The molecule has 0 fully saturated rings. The predicted octanol–water partition coefficient (Wildman–Crippen LogP) is 4.61. The molecule has 34 heavy (non-hydrogen) atoms. The second kappa shape index (κ2) is 11.0. The summed E-state index contributed by atoms with van der Waals surface area (Å²) in [5.41, 5.74) is -3.14. The summed E-state index contributed by atoms with van der Waals surface area (Å²) in [7, 11) is 0.225. The van der Waals surface area contributed by atoms with Crippen LogP contribution in [0.4, 0.5) is 13.2 Å². The van der Waals surface area contributed by atoms with E-state index in [-0.39, 0.29) is 12.0 Å². The third-order valence-electron chi connectivity index (χ3n) is 5.86. The molecule has 0 heterocycles. The molecule has 0 saturated heterocycles. The van der Waals surface area contributed by atoms with Crippen molar-refractivity contribution in [3.8, 4) is 0 Å². The van der Waals surface area contributed by atoms with E-state index in [1.54, 1.807) is 12.1 Å². The van der Waals surface area contributed by atoms with Crippen molar-refractivity contribution >= 4 is 25.1 Å². The molecule has 1 N–H and O–H groups in total. The van der Waals surface area contributed by atoms with Crippen molar-refractivity contribution in [1.29, 1.82) is 0 Å². The fourth-order valence-corrected chi connectivity index (χ4v) is 5.86. The number of amides is 1. The van der Waals surface area contributed by atoms with Crippen LogP contribution in [0.2, 0.25) is 19.1 Å². The van der Waals surface area contributed by atoms with Gasteiger partial charge >= 0.3 is 12.1 Å². The first-order chi connectivity index (χ1) is 15.9. The molecule has 0 aliphatic carbocycles. The van der Waals surface area contributed by atoms with Gasteiger partial charge in [0.25, 0.3) is 11.5 Å².